The van der Waals surface area contributed by atoms with Crippen molar-refractivity contribution in [1.29, 1.82) is 0 Å². The number of hydrogen-bond acceptors (Lipinski definition) is 6. The number of hydrogen-bond donors (Lipinski definition) is 1. The van der Waals surface area contributed by atoms with Gasteiger partial charge in [0.25, 0.3) is 0 Å². The fraction of sp³-hybridized carbons (Fsp3) is 0.355. The Morgan fingerprint density at radius 3 is 2.46 bits per heavy atom. The highest BCUT2D eigenvalue weighted by atomic mass is 16.1. The first-order valence-electron chi connectivity index (χ1n) is 13.7. The molecule has 1 aromatic heterocycles. The molecule has 8 nitrogen and oxygen atoms in total. The van der Waals surface area contributed by atoms with Gasteiger partial charge in [-0.25, -0.2) is 0 Å². The largest absolute Gasteiger partial charge is 0.327 e. The first-order valence-corrected chi connectivity index (χ1v) is 13.7. The highest BCUT2D eigenvalue weighted by Gasteiger charge is 2.35. The molecular formula is C31H37N7O. The van der Waals surface area contributed by atoms with Gasteiger partial charge in [-0.05, 0) is 53.5 Å². The number of nitrogens with one attached hydrogen (secondary N) is 1. The molecule has 5 rings (SSSR count). The molecule has 0 saturated carbocycles. The minimum Gasteiger partial charge on any atom is -0.327 e. The molecule has 1 amide bonds. The van der Waals surface area contributed by atoms with E-state index in [0.717, 1.165) is 67.5 Å². The van der Waals surface area contributed by atoms with E-state index in [1.807, 2.05) is 16.8 Å². The van der Waals surface area contributed by atoms with Crippen LogP contribution in [0.5, 0.6) is 0 Å². The number of carbonyl (C=O) groups is 1. The van der Waals surface area contributed by atoms with Gasteiger partial charge in [-0.15, -0.1) is 5.10 Å². The number of piperazine rings is 1. The van der Waals surface area contributed by atoms with Gasteiger partial charge < -0.3 is 5.32 Å². The molecule has 1 saturated heterocycles. The lowest BCUT2D eigenvalue weighted by Crippen LogP contribution is -2.49. The Morgan fingerprint density at radius 2 is 1.79 bits per heavy atom. The quantitative estimate of drug-likeness (QED) is 0.476. The zero-order valence-electron chi connectivity index (χ0n) is 23.0. The molecule has 2 heterocycles. The van der Waals surface area contributed by atoms with Crippen LogP contribution in [0.3, 0.4) is 0 Å². The molecule has 8 heteroatoms. The summed E-state index contributed by atoms with van der Waals surface area (Å²) in [4.78, 5) is 16.6. The maximum Gasteiger partial charge on any atom is 0.221 e. The van der Waals surface area contributed by atoms with Gasteiger partial charge in [0.2, 0.25) is 5.91 Å². The molecule has 2 aliphatic rings. The number of nitrogens with zero attached hydrogens (tertiary/aromatic N) is 6. The summed E-state index contributed by atoms with van der Waals surface area (Å²) in [6, 6.07) is 16.7. The number of para-hydroxylation sites is 1. The third-order valence-corrected chi connectivity index (χ3v) is 7.54. The van der Waals surface area contributed by atoms with Gasteiger partial charge >= 0.3 is 0 Å². The summed E-state index contributed by atoms with van der Waals surface area (Å²) in [6.45, 7) is 10.5. The number of aryl methyl sites for hydroxylation is 2. The minimum atomic E-state index is -0.0580. The van der Waals surface area contributed by atoms with Crippen LogP contribution in [0.2, 0.25) is 0 Å². The predicted octanol–water partition coefficient (Wildman–Crippen LogP) is 4.25. The molecule has 1 aliphatic heterocycles. The lowest BCUT2D eigenvalue weighted by molar-refractivity contribution is -0.118. The molecule has 3 aromatic rings. The molecule has 202 valence electrons. The van der Waals surface area contributed by atoms with E-state index in [4.69, 9.17) is 0 Å². The molecule has 1 N–H and O–H groups in total. The van der Waals surface area contributed by atoms with Crippen molar-refractivity contribution in [3.63, 3.8) is 0 Å². The number of tetrazole rings is 1. The van der Waals surface area contributed by atoms with Gasteiger partial charge in [-0.2, -0.15) is 4.68 Å². The second-order valence-corrected chi connectivity index (χ2v) is 10.4. The third-order valence-electron chi connectivity index (χ3n) is 7.54. The third kappa shape index (κ3) is 6.41. The van der Waals surface area contributed by atoms with Crippen molar-refractivity contribution >= 4 is 12.0 Å². The molecule has 0 bridgehead atoms. The van der Waals surface area contributed by atoms with Gasteiger partial charge in [0.1, 0.15) is 0 Å². The van der Waals surface area contributed by atoms with Crippen LogP contribution in [-0.2, 0) is 4.79 Å². The van der Waals surface area contributed by atoms with E-state index < -0.39 is 0 Å². The van der Waals surface area contributed by atoms with Crippen molar-refractivity contribution in [3.8, 4) is 5.69 Å². The first-order chi connectivity index (χ1) is 19.0. The Hall–Kier alpha value is -3.88. The van der Waals surface area contributed by atoms with Crippen molar-refractivity contribution in [1.82, 2.24) is 35.3 Å². The summed E-state index contributed by atoms with van der Waals surface area (Å²) >= 11 is 0. The van der Waals surface area contributed by atoms with Crippen molar-refractivity contribution in [3.05, 3.63) is 101 Å². The Balaban J connectivity index is 1.36. The molecule has 0 radical (unpaired) electrons. The topological polar surface area (TPSA) is 79.2 Å². The van der Waals surface area contributed by atoms with Crippen LogP contribution in [-0.4, -0.2) is 68.6 Å². The summed E-state index contributed by atoms with van der Waals surface area (Å²) in [6.07, 6.45) is 11.6. The highest BCUT2D eigenvalue weighted by molar-refractivity contribution is 5.75. The number of carbonyl (C=O) groups excluding carboxylic acids is 1. The van der Waals surface area contributed by atoms with Crippen LogP contribution < -0.4 is 5.32 Å². The summed E-state index contributed by atoms with van der Waals surface area (Å²) in [5.74, 6) is 0.981. The zero-order valence-corrected chi connectivity index (χ0v) is 23.0. The van der Waals surface area contributed by atoms with Crippen molar-refractivity contribution in [2.75, 3.05) is 32.7 Å². The van der Waals surface area contributed by atoms with Gasteiger partial charge in [0.05, 0.1) is 11.7 Å². The minimum absolute atomic E-state index is 0.00685. The molecule has 39 heavy (non-hydrogen) atoms. The van der Waals surface area contributed by atoms with E-state index in [1.165, 1.54) is 12.5 Å². The highest BCUT2D eigenvalue weighted by Crippen LogP contribution is 2.35. The van der Waals surface area contributed by atoms with Crippen molar-refractivity contribution in [2.24, 2.45) is 5.92 Å². The second-order valence-electron chi connectivity index (χ2n) is 10.4. The normalized spacial score (nSPS) is 19.3. The maximum absolute atomic E-state index is 11.6. The SMILES string of the molecule is CC(=O)NC1=CCC([C@@H](c2nnnn2-c2c(C)cccc2C)N2CCN(C/C=C/c3ccccc3)CC2)C=C1. The Bertz CT molecular complexity index is 1350. The Labute approximate surface area is 230 Å². The van der Waals surface area contributed by atoms with Crippen LogP contribution in [0, 0.1) is 19.8 Å². The monoisotopic (exact) mass is 523 g/mol. The lowest BCUT2D eigenvalue weighted by atomic mass is 9.89. The number of aromatic nitrogens is 4. The summed E-state index contributed by atoms with van der Waals surface area (Å²) < 4.78 is 1.94. The van der Waals surface area contributed by atoms with E-state index in [0.29, 0.717) is 0 Å². The number of benzene rings is 2. The van der Waals surface area contributed by atoms with Gasteiger partial charge in [-0.1, -0.05) is 72.8 Å². The summed E-state index contributed by atoms with van der Waals surface area (Å²) in [5.41, 5.74) is 5.40. The fourth-order valence-corrected chi connectivity index (χ4v) is 5.60. The molecule has 1 aliphatic carbocycles. The second kappa shape index (κ2) is 12.3. The molecule has 1 unspecified atom stereocenters. The fourth-order valence-electron chi connectivity index (χ4n) is 5.60. The average Bonchev–Trinajstić information content (AvgIpc) is 3.40. The summed E-state index contributed by atoms with van der Waals surface area (Å²) in [7, 11) is 0. The standard InChI is InChI=1S/C31H37N7O/c1-23-9-7-10-24(2)29(23)38-31(33-34-35-38)30(27-14-16-28(17-15-27)32-25(3)39)37-21-19-36(20-22-37)18-8-13-26-11-5-4-6-12-26/h4-14,16-17,27,30H,15,18-22H2,1-3H3,(H,32,39)/b13-8+/t27?,30-/m0/s1. The van der Waals surface area contributed by atoms with E-state index in [1.54, 1.807) is 0 Å². The van der Waals surface area contributed by atoms with Gasteiger partial charge in [0, 0.05) is 51.3 Å². The van der Waals surface area contributed by atoms with E-state index in [9.17, 15) is 4.79 Å². The van der Waals surface area contributed by atoms with Crippen LogP contribution in [0.4, 0.5) is 0 Å². The number of amides is 1. The molecule has 2 aromatic carbocycles. The van der Waals surface area contributed by atoms with Crippen molar-refractivity contribution < 1.29 is 4.79 Å². The molecule has 0 spiro atoms. The van der Waals surface area contributed by atoms with Crippen molar-refractivity contribution in [2.45, 2.75) is 33.2 Å². The first kappa shape index (κ1) is 26.7. The predicted molar refractivity (Wildman–Crippen MR) is 154 cm³/mol. The van der Waals surface area contributed by atoms with Gasteiger partial charge in [-0.3, -0.25) is 14.6 Å². The average molecular weight is 524 g/mol. The van der Waals surface area contributed by atoms with E-state index >= 15 is 0 Å². The lowest BCUT2D eigenvalue weighted by Gasteiger charge is -2.41. The number of allylic oxidation sites excluding steroid dienone is 2. The summed E-state index contributed by atoms with van der Waals surface area (Å²) in [5, 5.41) is 16.1. The van der Waals surface area contributed by atoms with Crippen LogP contribution in [0.15, 0.2) is 78.5 Å². The molecular weight excluding hydrogens is 486 g/mol. The Kier molecular flexibility index (Phi) is 8.44. The van der Waals surface area contributed by atoms with Gasteiger partial charge in [0.15, 0.2) is 5.82 Å². The van der Waals surface area contributed by atoms with Crippen LogP contribution in [0.25, 0.3) is 11.8 Å². The smallest absolute Gasteiger partial charge is 0.221 e. The van der Waals surface area contributed by atoms with Crippen LogP contribution in [0.1, 0.15) is 41.9 Å². The molecule has 2 atom stereocenters. The van der Waals surface area contributed by atoms with Crippen LogP contribution >= 0.6 is 0 Å². The van der Waals surface area contributed by atoms with E-state index in [-0.39, 0.29) is 17.9 Å². The maximum atomic E-state index is 11.6. The molecule has 1 fully saturated rings. The zero-order chi connectivity index (χ0) is 27.2. The Morgan fingerprint density at radius 1 is 1.05 bits per heavy atom. The van der Waals surface area contributed by atoms with E-state index in [2.05, 4.69) is 111 Å². The number of rotatable bonds is 8.